The summed E-state index contributed by atoms with van der Waals surface area (Å²) in [7, 11) is 0. The summed E-state index contributed by atoms with van der Waals surface area (Å²) < 4.78 is 11.2. The molecule has 1 saturated heterocycles. The molecule has 0 saturated carbocycles. The maximum atomic E-state index is 12.6. The molecule has 2 aromatic carbocycles. The third-order valence-corrected chi connectivity index (χ3v) is 5.91. The molecule has 7 heteroatoms. The summed E-state index contributed by atoms with van der Waals surface area (Å²) in [6.07, 6.45) is 1.59. The first-order valence-corrected chi connectivity index (χ1v) is 11.3. The minimum absolute atomic E-state index is 0.00522. The van der Waals surface area contributed by atoms with Gasteiger partial charge in [-0.25, -0.2) is 9.97 Å². The van der Waals surface area contributed by atoms with E-state index in [2.05, 4.69) is 21.8 Å². The fourth-order valence-electron chi connectivity index (χ4n) is 3.79. The molecule has 1 fully saturated rings. The van der Waals surface area contributed by atoms with Crippen molar-refractivity contribution in [1.82, 2.24) is 14.9 Å². The van der Waals surface area contributed by atoms with E-state index in [4.69, 9.17) is 9.47 Å². The zero-order valence-electron chi connectivity index (χ0n) is 19.5. The highest BCUT2D eigenvalue weighted by molar-refractivity contribution is 5.78. The van der Waals surface area contributed by atoms with Crippen LogP contribution in [0.3, 0.4) is 0 Å². The van der Waals surface area contributed by atoms with Crippen molar-refractivity contribution in [3.63, 3.8) is 0 Å². The van der Waals surface area contributed by atoms with Crippen LogP contribution in [0.2, 0.25) is 0 Å². The topological polar surface area (TPSA) is 67.8 Å². The number of carbonyl (C=O) groups excluding carboxylic acids is 1. The number of aryl methyl sites for hydroxylation is 2. The van der Waals surface area contributed by atoms with Crippen LogP contribution in [0.1, 0.15) is 18.1 Å². The van der Waals surface area contributed by atoms with Crippen LogP contribution >= 0.6 is 0 Å². The predicted octanol–water partition coefficient (Wildman–Crippen LogP) is 3.89. The lowest BCUT2D eigenvalue weighted by molar-refractivity contribution is -0.133. The van der Waals surface area contributed by atoms with E-state index >= 15 is 0 Å². The van der Waals surface area contributed by atoms with Crippen LogP contribution in [0.4, 0.5) is 5.82 Å². The highest BCUT2D eigenvalue weighted by atomic mass is 16.5. The van der Waals surface area contributed by atoms with Crippen molar-refractivity contribution in [2.45, 2.75) is 20.8 Å². The zero-order valence-corrected chi connectivity index (χ0v) is 19.5. The number of anilines is 1. The number of rotatable bonds is 7. The third-order valence-electron chi connectivity index (χ3n) is 5.91. The van der Waals surface area contributed by atoms with Crippen LogP contribution < -0.4 is 14.4 Å². The van der Waals surface area contributed by atoms with Gasteiger partial charge in [-0.3, -0.25) is 4.79 Å². The Morgan fingerprint density at radius 1 is 0.879 bits per heavy atom. The van der Waals surface area contributed by atoms with Crippen LogP contribution in [0, 0.1) is 13.8 Å². The molecule has 0 atom stereocenters. The number of nitrogens with zero attached hydrogens (tertiary/aromatic N) is 4. The lowest BCUT2D eigenvalue weighted by Crippen LogP contribution is -2.50. The molecule has 172 valence electrons. The van der Waals surface area contributed by atoms with Gasteiger partial charge >= 0.3 is 0 Å². The zero-order chi connectivity index (χ0) is 23.2. The fraction of sp³-hybridized carbons (Fsp3) is 0.346. The van der Waals surface area contributed by atoms with Crippen LogP contribution in [-0.2, 0) is 4.79 Å². The minimum atomic E-state index is 0.00522. The van der Waals surface area contributed by atoms with Gasteiger partial charge in [-0.05, 0) is 68.3 Å². The first kappa shape index (κ1) is 22.6. The molecule has 1 amide bonds. The second-order valence-corrected chi connectivity index (χ2v) is 8.12. The van der Waals surface area contributed by atoms with Gasteiger partial charge in [0.2, 0.25) is 0 Å². The molecule has 2 heterocycles. The van der Waals surface area contributed by atoms with Gasteiger partial charge in [0.1, 0.15) is 23.6 Å². The van der Waals surface area contributed by atoms with Crippen LogP contribution in [0.15, 0.2) is 54.9 Å². The van der Waals surface area contributed by atoms with Gasteiger partial charge in [0.25, 0.3) is 5.91 Å². The molecule has 1 aromatic heterocycles. The second-order valence-electron chi connectivity index (χ2n) is 8.12. The largest absolute Gasteiger partial charge is 0.494 e. The normalized spacial score (nSPS) is 13.7. The Morgan fingerprint density at radius 3 is 2.30 bits per heavy atom. The molecule has 0 bridgehead atoms. The van der Waals surface area contributed by atoms with Gasteiger partial charge in [-0.2, -0.15) is 0 Å². The molecule has 33 heavy (non-hydrogen) atoms. The Labute approximate surface area is 195 Å². The molecule has 7 nitrogen and oxygen atoms in total. The van der Waals surface area contributed by atoms with E-state index in [9.17, 15) is 4.79 Å². The van der Waals surface area contributed by atoms with Crippen molar-refractivity contribution >= 4 is 11.7 Å². The molecule has 4 rings (SSSR count). The van der Waals surface area contributed by atoms with Crippen molar-refractivity contribution in [3.05, 3.63) is 66.0 Å². The van der Waals surface area contributed by atoms with E-state index in [1.807, 2.05) is 67.3 Å². The molecule has 0 N–H and O–H groups in total. The average Bonchev–Trinajstić information content (AvgIpc) is 2.85. The summed E-state index contributed by atoms with van der Waals surface area (Å²) in [6.45, 7) is 9.47. The molecular formula is C26H30N4O3. The highest BCUT2D eigenvalue weighted by Crippen LogP contribution is 2.24. The van der Waals surface area contributed by atoms with E-state index in [-0.39, 0.29) is 12.5 Å². The van der Waals surface area contributed by atoms with E-state index in [0.29, 0.717) is 19.7 Å². The Kier molecular flexibility index (Phi) is 7.07. The number of benzene rings is 2. The minimum Gasteiger partial charge on any atom is -0.494 e. The smallest absolute Gasteiger partial charge is 0.260 e. The van der Waals surface area contributed by atoms with E-state index in [0.717, 1.165) is 47.2 Å². The molecule has 0 spiro atoms. The second kappa shape index (κ2) is 10.3. The van der Waals surface area contributed by atoms with Gasteiger partial charge in [0.05, 0.1) is 12.3 Å². The van der Waals surface area contributed by atoms with Crippen molar-refractivity contribution < 1.29 is 14.3 Å². The maximum absolute atomic E-state index is 12.6. The van der Waals surface area contributed by atoms with Gasteiger partial charge in [-0.15, -0.1) is 0 Å². The first-order valence-electron chi connectivity index (χ1n) is 11.3. The van der Waals surface area contributed by atoms with Crippen molar-refractivity contribution in [2.24, 2.45) is 0 Å². The Morgan fingerprint density at radius 2 is 1.61 bits per heavy atom. The summed E-state index contributed by atoms with van der Waals surface area (Å²) in [5.41, 5.74) is 4.24. The lowest BCUT2D eigenvalue weighted by Gasteiger charge is -2.35. The molecule has 0 unspecified atom stereocenters. The number of hydrogen-bond acceptors (Lipinski definition) is 6. The average molecular weight is 447 g/mol. The molecule has 1 aliphatic rings. The van der Waals surface area contributed by atoms with Crippen molar-refractivity contribution in [2.75, 3.05) is 44.3 Å². The SMILES string of the molecule is CCOc1ccc(-c2cc(N3CCN(C(=O)COc4ccc(C)c(C)c4)CC3)ncn2)cc1. The van der Waals surface area contributed by atoms with Gasteiger partial charge < -0.3 is 19.3 Å². The lowest BCUT2D eigenvalue weighted by atomic mass is 10.1. The van der Waals surface area contributed by atoms with Crippen LogP contribution in [0.25, 0.3) is 11.3 Å². The van der Waals surface area contributed by atoms with Crippen molar-refractivity contribution in [1.29, 1.82) is 0 Å². The Balaban J connectivity index is 1.32. The predicted molar refractivity (Wildman–Crippen MR) is 129 cm³/mol. The fourth-order valence-corrected chi connectivity index (χ4v) is 3.79. The number of amides is 1. The number of piperazine rings is 1. The van der Waals surface area contributed by atoms with Gasteiger partial charge in [0, 0.05) is 37.8 Å². The van der Waals surface area contributed by atoms with Crippen LogP contribution in [0.5, 0.6) is 11.5 Å². The van der Waals surface area contributed by atoms with Crippen LogP contribution in [-0.4, -0.2) is 60.2 Å². The Hall–Kier alpha value is -3.61. The summed E-state index contributed by atoms with van der Waals surface area (Å²) in [6, 6.07) is 15.8. The summed E-state index contributed by atoms with van der Waals surface area (Å²) >= 11 is 0. The maximum Gasteiger partial charge on any atom is 0.260 e. The Bertz CT molecular complexity index is 1090. The summed E-state index contributed by atoms with van der Waals surface area (Å²) in [5.74, 6) is 2.45. The molecule has 0 aliphatic carbocycles. The molecule has 3 aromatic rings. The number of ether oxygens (including phenoxy) is 2. The molecular weight excluding hydrogens is 416 g/mol. The van der Waals surface area contributed by atoms with Gasteiger partial charge in [0.15, 0.2) is 6.61 Å². The standard InChI is InChI=1S/C26H30N4O3/c1-4-32-22-9-6-21(7-10-22)24-16-25(28-18-27-24)29-11-13-30(14-12-29)26(31)17-33-23-8-5-19(2)20(3)15-23/h5-10,15-16,18H,4,11-14,17H2,1-3H3. The van der Waals surface area contributed by atoms with Gasteiger partial charge in [-0.1, -0.05) is 6.07 Å². The monoisotopic (exact) mass is 446 g/mol. The van der Waals surface area contributed by atoms with E-state index < -0.39 is 0 Å². The number of carbonyl (C=O) groups is 1. The quantitative estimate of drug-likeness (QED) is 0.549. The molecule has 1 aliphatic heterocycles. The summed E-state index contributed by atoms with van der Waals surface area (Å²) in [4.78, 5) is 25.6. The highest BCUT2D eigenvalue weighted by Gasteiger charge is 2.22. The number of aromatic nitrogens is 2. The number of hydrogen-bond donors (Lipinski definition) is 0. The van der Waals surface area contributed by atoms with E-state index in [1.165, 1.54) is 5.56 Å². The van der Waals surface area contributed by atoms with E-state index in [1.54, 1.807) is 6.33 Å². The molecule has 0 radical (unpaired) electrons. The third kappa shape index (κ3) is 5.61. The first-order chi connectivity index (χ1) is 16.0. The summed E-state index contributed by atoms with van der Waals surface area (Å²) in [5, 5.41) is 0. The van der Waals surface area contributed by atoms with Crippen molar-refractivity contribution in [3.8, 4) is 22.8 Å².